The maximum absolute atomic E-state index is 12.6. The molecule has 2 unspecified atom stereocenters. The Morgan fingerprint density at radius 1 is 1.35 bits per heavy atom. The van der Waals surface area contributed by atoms with Crippen LogP contribution in [0.25, 0.3) is 0 Å². The van der Waals surface area contributed by atoms with E-state index in [0.29, 0.717) is 24.0 Å². The van der Waals surface area contributed by atoms with Gasteiger partial charge in [0.2, 0.25) is 5.91 Å². The molecule has 1 aliphatic carbocycles. The molecule has 4 heteroatoms. The maximum Gasteiger partial charge on any atom is 0.227 e. The second-order valence-electron chi connectivity index (χ2n) is 5.68. The number of nitrogens with zero attached hydrogens (tertiary/aromatic N) is 1. The molecule has 4 atom stereocenters. The number of ether oxygens (including phenoxy) is 1. The minimum atomic E-state index is 0.189. The molecule has 3 rings (SSSR count). The van der Waals surface area contributed by atoms with Gasteiger partial charge in [0.15, 0.2) is 0 Å². The van der Waals surface area contributed by atoms with Gasteiger partial charge < -0.3 is 15.0 Å². The highest BCUT2D eigenvalue weighted by atomic mass is 16.5. The number of fused-ring (bicyclic) bond motifs is 1. The van der Waals surface area contributed by atoms with E-state index in [4.69, 9.17) is 4.74 Å². The first kappa shape index (κ1) is 11.5. The summed E-state index contributed by atoms with van der Waals surface area (Å²) in [6, 6.07) is 0.365. The van der Waals surface area contributed by atoms with Crippen LogP contribution in [0.2, 0.25) is 0 Å². The van der Waals surface area contributed by atoms with Gasteiger partial charge in [-0.3, -0.25) is 4.79 Å². The molecule has 4 nitrogen and oxygen atoms in total. The zero-order valence-electron chi connectivity index (χ0n) is 10.5. The lowest BCUT2D eigenvalue weighted by Crippen LogP contribution is -2.53. The summed E-state index contributed by atoms with van der Waals surface area (Å²) in [4.78, 5) is 14.7. The fourth-order valence-electron chi connectivity index (χ4n) is 3.55. The summed E-state index contributed by atoms with van der Waals surface area (Å²) >= 11 is 0. The minimum absolute atomic E-state index is 0.189. The molecule has 1 amide bonds. The van der Waals surface area contributed by atoms with E-state index in [-0.39, 0.29) is 5.92 Å². The molecule has 2 saturated heterocycles. The molecule has 1 N–H and O–H groups in total. The lowest BCUT2D eigenvalue weighted by atomic mass is 9.95. The van der Waals surface area contributed by atoms with Crippen molar-refractivity contribution in [2.75, 3.05) is 26.2 Å². The van der Waals surface area contributed by atoms with Crippen LogP contribution in [0.5, 0.6) is 0 Å². The molecule has 0 bridgehead atoms. The van der Waals surface area contributed by atoms with Crippen molar-refractivity contribution in [3.05, 3.63) is 0 Å². The quantitative estimate of drug-likeness (QED) is 0.728. The van der Waals surface area contributed by atoms with E-state index < -0.39 is 0 Å². The van der Waals surface area contributed by atoms with Crippen molar-refractivity contribution in [1.82, 2.24) is 10.2 Å². The van der Waals surface area contributed by atoms with Gasteiger partial charge in [-0.1, -0.05) is 6.92 Å². The number of carbonyl (C=O) groups is 1. The highest BCUT2D eigenvalue weighted by Gasteiger charge is 2.42. The zero-order chi connectivity index (χ0) is 11.8. The van der Waals surface area contributed by atoms with Crippen molar-refractivity contribution < 1.29 is 9.53 Å². The third kappa shape index (κ3) is 1.97. The third-order valence-corrected chi connectivity index (χ3v) is 4.60. The van der Waals surface area contributed by atoms with Crippen LogP contribution >= 0.6 is 0 Å². The predicted molar refractivity (Wildman–Crippen MR) is 64.6 cm³/mol. The van der Waals surface area contributed by atoms with E-state index in [1.807, 2.05) is 0 Å². The van der Waals surface area contributed by atoms with E-state index in [1.54, 1.807) is 0 Å². The Balaban J connectivity index is 1.72. The smallest absolute Gasteiger partial charge is 0.227 e. The van der Waals surface area contributed by atoms with Gasteiger partial charge in [0.1, 0.15) is 0 Å². The fourth-order valence-corrected chi connectivity index (χ4v) is 3.55. The van der Waals surface area contributed by atoms with Crippen LogP contribution in [0.3, 0.4) is 0 Å². The lowest BCUT2D eigenvalue weighted by molar-refractivity contribution is -0.148. The van der Waals surface area contributed by atoms with E-state index in [1.165, 1.54) is 6.42 Å². The fraction of sp³-hybridized carbons (Fsp3) is 0.923. The van der Waals surface area contributed by atoms with Crippen molar-refractivity contribution in [2.45, 2.75) is 38.3 Å². The summed E-state index contributed by atoms with van der Waals surface area (Å²) in [5, 5.41) is 3.32. The minimum Gasteiger partial charge on any atom is -0.374 e. The van der Waals surface area contributed by atoms with E-state index in [0.717, 1.165) is 39.1 Å². The molecule has 96 valence electrons. The van der Waals surface area contributed by atoms with Crippen molar-refractivity contribution >= 4 is 5.91 Å². The number of carbonyl (C=O) groups excluding carboxylic acids is 1. The number of nitrogens with one attached hydrogen (secondary N) is 1. The Morgan fingerprint density at radius 3 is 3.00 bits per heavy atom. The van der Waals surface area contributed by atoms with Crippen LogP contribution in [0.4, 0.5) is 0 Å². The normalized spacial score (nSPS) is 41.6. The average Bonchev–Trinajstić information content (AvgIpc) is 2.95. The zero-order valence-corrected chi connectivity index (χ0v) is 10.5. The molecule has 0 radical (unpaired) electrons. The Labute approximate surface area is 103 Å². The molecular weight excluding hydrogens is 216 g/mol. The molecule has 2 aliphatic heterocycles. The first-order valence-electron chi connectivity index (χ1n) is 6.90. The van der Waals surface area contributed by atoms with Gasteiger partial charge in [-0.05, 0) is 31.7 Å². The van der Waals surface area contributed by atoms with Crippen LogP contribution in [0.1, 0.15) is 26.2 Å². The highest BCUT2D eigenvalue weighted by molar-refractivity contribution is 5.80. The first-order valence-corrected chi connectivity index (χ1v) is 6.90. The number of hydrogen-bond acceptors (Lipinski definition) is 3. The number of amides is 1. The van der Waals surface area contributed by atoms with Crippen molar-refractivity contribution in [3.8, 4) is 0 Å². The van der Waals surface area contributed by atoms with Gasteiger partial charge in [-0.15, -0.1) is 0 Å². The molecule has 0 aromatic carbocycles. The van der Waals surface area contributed by atoms with Crippen molar-refractivity contribution in [3.63, 3.8) is 0 Å². The summed E-state index contributed by atoms with van der Waals surface area (Å²) in [7, 11) is 0. The standard InChI is InChI=1S/C13H22N2O2/c1-9-7-14-8-10(9)13(16)15-5-6-17-12-4-2-3-11(12)15/h9-12,14H,2-8H2,1H3/t9-,10-,11?,12?/m1/s1. The Kier molecular flexibility index (Phi) is 3.09. The van der Waals surface area contributed by atoms with Crippen LogP contribution in [-0.2, 0) is 9.53 Å². The molecular formula is C13H22N2O2. The lowest BCUT2D eigenvalue weighted by Gasteiger charge is -2.39. The Morgan fingerprint density at radius 2 is 2.24 bits per heavy atom. The largest absolute Gasteiger partial charge is 0.374 e. The van der Waals surface area contributed by atoms with E-state index in [2.05, 4.69) is 17.1 Å². The van der Waals surface area contributed by atoms with E-state index in [9.17, 15) is 4.79 Å². The number of rotatable bonds is 1. The third-order valence-electron chi connectivity index (χ3n) is 4.60. The summed E-state index contributed by atoms with van der Waals surface area (Å²) in [5.74, 6) is 1.03. The van der Waals surface area contributed by atoms with Crippen molar-refractivity contribution in [2.24, 2.45) is 11.8 Å². The van der Waals surface area contributed by atoms with Crippen LogP contribution < -0.4 is 5.32 Å². The predicted octanol–water partition coefficient (Wildman–Crippen LogP) is 0.622. The van der Waals surface area contributed by atoms with Crippen molar-refractivity contribution in [1.29, 1.82) is 0 Å². The topological polar surface area (TPSA) is 41.6 Å². The second kappa shape index (κ2) is 4.58. The second-order valence-corrected chi connectivity index (χ2v) is 5.68. The number of morpholine rings is 1. The maximum atomic E-state index is 12.6. The van der Waals surface area contributed by atoms with Gasteiger partial charge in [0, 0.05) is 13.1 Å². The molecule has 17 heavy (non-hydrogen) atoms. The van der Waals surface area contributed by atoms with E-state index >= 15 is 0 Å². The van der Waals surface area contributed by atoms with Gasteiger partial charge in [0.25, 0.3) is 0 Å². The van der Waals surface area contributed by atoms with Gasteiger partial charge in [-0.25, -0.2) is 0 Å². The molecule has 2 heterocycles. The first-order chi connectivity index (χ1) is 8.27. The number of hydrogen-bond donors (Lipinski definition) is 1. The molecule has 0 aromatic rings. The van der Waals surface area contributed by atoms with Gasteiger partial charge in [-0.2, -0.15) is 0 Å². The average molecular weight is 238 g/mol. The SMILES string of the molecule is C[C@@H]1CNC[C@H]1C(=O)N1CCOC2CCCC21. The monoisotopic (exact) mass is 238 g/mol. The summed E-state index contributed by atoms with van der Waals surface area (Å²) in [6.07, 6.45) is 3.78. The Bertz CT molecular complexity index is 308. The summed E-state index contributed by atoms with van der Waals surface area (Å²) < 4.78 is 5.76. The summed E-state index contributed by atoms with van der Waals surface area (Å²) in [6.45, 7) is 5.53. The highest BCUT2D eigenvalue weighted by Crippen LogP contribution is 2.31. The molecule has 0 spiro atoms. The molecule has 1 saturated carbocycles. The van der Waals surface area contributed by atoms with Gasteiger partial charge >= 0.3 is 0 Å². The van der Waals surface area contributed by atoms with Crippen LogP contribution in [-0.4, -0.2) is 49.2 Å². The molecule has 0 aromatic heterocycles. The Hall–Kier alpha value is -0.610. The van der Waals surface area contributed by atoms with Crippen LogP contribution in [0, 0.1) is 11.8 Å². The molecule has 3 aliphatic rings. The van der Waals surface area contributed by atoms with Crippen LogP contribution in [0.15, 0.2) is 0 Å². The summed E-state index contributed by atoms with van der Waals surface area (Å²) in [5.41, 5.74) is 0. The van der Waals surface area contributed by atoms with Gasteiger partial charge in [0.05, 0.1) is 24.7 Å². The molecule has 3 fully saturated rings.